The zero-order chi connectivity index (χ0) is 19.7. The Bertz CT molecular complexity index is 1090. The summed E-state index contributed by atoms with van der Waals surface area (Å²) in [7, 11) is 0. The van der Waals surface area contributed by atoms with Gasteiger partial charge < -0.3 is 9.88 Å². The standard InChI is InChI=1S/C22H18ClN3O2/c1-15-11-16(13-25(15)18-8-3-2-4-9-18)12-20-21(27)26(22(28)24-20)14-17-7-5-6-10-19(17)23/h2-13H,14H2,1H3,(H,24,28)/b20-12+. The highest BCUT2D eigenvalue weighted by molar-refractivity contribution is 6.31. The lowest BCUT2D eigenvalue weighted by atomic mass is 10.2. The number of halogens is 1. The van der Waals surface area contributed by atoms with Gasteiger partial charge in [-0.2, -0.15) is 0 Å². The summed E-state index contributed by atoms with van der Waals surface area (Å²) in [6.45, 7) is 2.12. The zero-order valence-corrected chi connectivity index (χ0v) is 16.0. The Morgan fingerprint density at radius 1 is 1.04 bits per heavy atom. The van der Waals surface area contributed by atoms with Crippen molar-refractivity contribution in [2.45, 2.75) is 13.5 Å². The van der Waals surface area contributed by atoms with Crippen molar-refractivity contribution < 1.29 is 9.59 Å². The van der Waals surface area contributed by atoms with Crippen molar-refractivity contribution in [1.82, 2.24) is 14.8 Å². The van der Waals surface area contributed by atoms with Gasteiger partial charge in [-0.3, -0.25) is 9.69 Å². The predicted molar refractivity (Wildman–Crippen MR) is 109 cm³/mol. The van der Waals surface area contributed by atoms with Gasteiger partial charge in [-0.15, -0.1) is 0 Å². The number of hydrogen-bond donors (Lipinski definition) is 1. The molecule has 1 aromatic heterocycles. The van der Waals surface area contributed by atoms with Crippen LogP contribution in [-0.4, -0.2) is 21.4 Å². The summed E-state index contributed by atoms with van der Waals surface area (Å²) in [6, 6.07) is 18.6. The molecule has 2 aromatic carbocycles. The molecule has 0 radical (unpaired) electrons. The molecule has 0 atom stereocenters. The van der Waals surface area contributed by atoms with E-state index in [0.29, 0.717) is 5.02 Å². The number of para-hydroxylation sites is 1. The summed E-state index contributed by atoms with van der Waals surface area (Å²) in [5, 5.41) is 3.18. The van der Waals surface area contributed by atoms with E-state index in [1.165, 1.54) is 0 Å². The van der Waals surface area contributed by atoms with Crippen LogP contribution < -0.4 is 5.32 Å². The molecule has 0 aliphatic carbocycles. The van der Waals surface area contributed by atoms with Crippen LogP contribution in [0.3, 0.4) is 0 Å². The highest BCUT2D eigenvalue weighted by Crippen LogP contribution is 2.22. The minimum absolute atomic E-state index is 0.131. The third kappa shape index (κ3) is 3.44. The molecule has 1 aliphatic heterocycles. The lowest BCUT2D eigenvalue weighted by Crippen LogP contribution is -2.30. The Hall–Kier alpha value is -3.31. The number of amides is 3. The molecule has 1 saturated heterocycles. The highest BCUT2D eigenvalue weighted by Gasteiger charge is 2.33. The van der Waals surface area contributed by atoms with E-state index in [2.05, 4.69) is 5.32 Å². The molecular weight excluding hydrogens is 374 g/mol. The summed E-state index contributed by atoms with van der Waals surface area (Å²) < 4.78 is 2.04. The molecule has 3 aromatic rings. The summed E-state index contributed by atoms with van der Waals surface area (Å²) in [5.74, 6) is -0.366. The van der Waals surface area contributed by atoms with Crippen LogP contribution in [0.15, 0.2) is 72.6 Å². The van der Waals surface area contributed by atoms with Gasteiger partial charge in [0, 0.05) is 22.6 Å². The molecular formula is C22H18ClN3O2. The van der Waals surface area contributed by atoms with E-state index in [0.717, 1.165) is 27.4 Å². The minimum atomic E-state index is -0.449. The molecule has 4 rings (SSSR count). The molecule has 140 valence electrons. The SMILES string of the molecule is Cc1cc(/C=C2/NC(=O)N(Cc3ccccc3Cl)C2=O)cn1-c1ccccc1. The third-order valence-electron chi connectivity index (χ3n) is 4.63. The number of nitrogens with zero attached hydrogens (tertiary/aromatic N) is 2. The van der Waals surface area contributed by atoms with E-state index < -0.39 is 6.03 Å². The van der Waals surface area contributed by atoms with Gasteiger partial charge in [0.2, 0.25) is 0 Å². The Labute approximate surface area is 167 Å². The van der Waals surface area contributed by atoms with Crippen molar-refractivity contribution in [1.29, 1.82) is 0 Å². The summed E-state index contributed by atoms with van der Waals surface area (Å²) in [5.41, 5.74) is 3.88. The van der Waals surface area contributed by atoms with E-state index in [4.69, 9.17) is 11.6 Å². The summed E-state index contributed by atoms with van der Waals surface area (Å²) >= 11 is 6.16. The number of benzene rings is 2. The number of carbonyl (C=O) groups is 2. The summed E-state index contributed by atoms with van der Waals surface area (Å²) in [6.07, 6.45) is 3.63. The Balaban J connectivity index is 1.59. The van der Waals surface area contributed by atoms with Gasteiger partial charge in [0.25, 0.3) is 5.91 Å². The van der Waals surface area contributed by atoms with Crippen molar-refractivity contribution in [3.63, 3.8) is 0 Å². The van der Waals surface area contributed by atoms with Crippen LogP contribution in [0.4, 0.5) is 4.79 Å². The van der Waals surface area contributed by atoms with Crippen molar-refractivity contribution in [2.24, 2.45) is 0 Å². The first-order valence-electron chi connectivity index (χ1n) is 8.85. The predicted octanol–water partition coefficient (Wildman–Crippen LogP) is 4.53. The minimum Gasteiger partial charge on any atom is -0.321 e. The number of urea groups is 1. The first-order valence-corrected chi connectivity index (χ1v) is 9.23. The van der Waals surface area contributed by atoms with Gasteiger partial charge in [0.15, 0.2) is 0 Å². The second kappa shape index (κ2) is 7.37. The average Bonchev–Trinajstić information content (AvgIpc) is 3.18. The average molecular weight is 392 g/mol. The van der Waals surface area contributed by atoms with Crippen LogP contribution in [0.5, 0.6) is 0 Å². The first-order chi connectivity index (χ1) is 13.5. The monoisotopic (exact) mass is 391 g/mol. The second-order valence-electron chi connectivity index (χ2n) is 6.59. The topological polar surface area (TPSA) is 54.3 Å². The molecule has 0 spiro atoms. The van der Waals surface area contributed by atoms with Crippen LogP contribution in [0.2, 0.25) is 5.02 Å². The van der Waals surface area contributed by atoms with Gasteiger partial charge in [-0.1, -0.05) is 48.0 Å². The molecule has 3 amide bonds. The molecule has 0 unspecified atom stereocenters. The van der Waals surface area contributed by atoms with Gasteiger partial charge in [0.05, 0.1) is 6.54 Å². The van der Waals surface area contributed by atoms with E-state index in [-0.39, 0.29) is 18.1 Å². The van der Waals surface area contributed by atoms with Crippen molar-refractivity contribution in [3.8, 4) is 5.69 Å². The third-order valence-corrected chi connectivity index (χ3v) is 5.00. The number of rotatable bonds is 4. The Morgan fingerprint density at radius 2 is 1.75 bits per heavy atom. The van der Waals surface area contributed by atoms with Gasteiger partial charge in [-0.25, -0.2) is 4.79 Å². The quantitative estimate of drug-likeness (QED) is 0.524. The normalized spacial score (nSPS) is 15.4. The number of imide groups is 1. The Morgan fingerprint density at radius 3 is 2.50 bits per heavy atom. The smallest absolute Gasteiger partial charge is 0.321 e. The largest absolute Gasteiger partial charge is 0.329 e. The maximum absolute atomic E-state index is 12.7. The zero-order valence-electron chi connectivity index (χ0n) is 15.2. The molecule has 6 heteroatoms. The molecule has 28 heavy (non-hydrogen) atoms. The van der Waals surface area contributed by atoms with Gasteiger partial charge >= 0.3 is 6.03 Å². The van der Waals surface area contributed by atoms with Crippen LogP contribution in [0.25, 0.3) is 11.8 Å². The van der Waals surface area contributed by atoms with Crippen LogP contribution in [-0.2, 0) is 11.3 Å². The second-order valence-corrected chi connectivity index (χ2v) is 7.00. The van der Waals surface area contributed by atoms with Crippen molar-refractivity contribution >= 4 is 29.6 Å². The van der Waals surface area contributed by atoms with Crippen LogP contribution >= 0.6 is 11.6 Å². The fourth-order valence-corrected chi connectivity index (χ4v) is 3.42. The number of carbonyl (C=O) groups excluding carboxylic acids is 2. The number of aromatic nitrogens is 1. The lowest BCUT2D eigenvalue weighted by Gasteiger charge is -2.12. The van der Waals surface area contributed by atoms with Crippen molar-refractivity contribution in [3.05, 3.63) is 94.4 Å². The molecule has 1 fully saturated rings. The van der Waals surface area contributed by atoms with E-state index in [1.54, 1.807) is 18.2 Å². The van der Waals surface area contributed by atoms with E-state index in [9.17, 15) is 9.59 Å². The molecule has 1 N–H and O–H groups in total. The fourth-order valence-electron chi connectivity index (χ4n) is 3.22. The highest BCUT2D eigenvalue weighted by atomic mass is 35.5. The Kier molecular flexibility index (Phi) is 4.75. The molecule has 0 bridgehead atoms. The van der Waals surface area contributed by atoms with Crippen LogP contribution in [0, 0.1) is 6.92 Å². The molecule has 0 saturated carbocycles. The molecule has 1 aliphatic rings. The first kappa shape index (κ1) is 18.1. The van der Waals surface area contributed by atoms with E-state index >= 15 is 0 Å². The number of hydrogen-bond acceptors (Lipinski definition) is 2. The maximum Gasteiger partial charge on any atom is 0.329 e. The molecule has 5 nitrogen and oxygen atoms in total. The number of nitrogens with one attached hydrogen (secondary N) is 1. The van der Waals surface area contributed by atoms with Crippen LogP contribution in [0.1, 0.15) is 16.8 Å². The van der Waals surface area contributed by atoms with E-state index in [1.807, 2.05) is 66.2 Å². The van der Waals surface area contributed by atoms with Gasteiger partial charge in [0.1, 0.15) is 5.70 Å². The molecule has 2 heterocycles. The number of aryl methyl sites for hydroxylation is 1. The lowest BCUT2D eigenvalue weighted by molar-refractivity contribution is -0.123. The fraction of sp³-hybridized carbons (Fsp3) is 0.0909. The van der Waals surface area contributed by atoms with Crippen molar-refractivity contribution in [2.75, 3.05) is 0 Å². The maximum atomic E-state index is 12.7. The summed E-state index contributed by atoms with van der Waals surface area (Å²) in [4.78, 5) is 26.2. The van der Waals surface area contributed by atoms with Gasteiger partial charge in [-0.05, 0) is 48.4 Å².